The van der Waals surface area contributed by atoms with Crippen molar-refractivity contribution in [1.82, 2.24) is 15.1 Å². The standard InChI is InChI=1S/C5H6N4O3/c1-6-5(10)8-3-2-4(7-8)9(11)12/h2-3H,1H3,(H,6,10). The molecule has 0 spiro atoms. The smallest absolute Gasteiger partial charge is 0.358 e. The first-order valence-electron chi connectivity index (χ1n) is 3.07. The van der Waals surface area contributed by atoms with Crippen molar-refractivity contribution in [1.29, 1.82) is 0 Å². The van der Waals surface area contributed by atoms with Crippen molar-refractivity contribution in [2.75, 3.05) is 7.05 Å². The summed E-state index contributed by atoms with van der Waals surface area (Å²) >= 11 is 0. The lowest BCUT2D eigenvalue weighted by atomic mass is 10.7. The number of hydrogen-bond acceptors (Lipinski definition) is 4. The summed E-state index contributed by atoms with van der Waals surface area (Å²) in [6.45, 7) is 0. The molecule has 0 bridgehead atoms. The molecule has 0 aliphatic rings. The summed E-state index contributed by atoms with van der Waals surface area (Å²) in [5, 5.41) is 15.8. The molecule has 0 aliphatic heterocycles. The Morgan fingerprint density at radius 1 is 1.83 bits per heavy atom. The van der Waals surface area contributed by atoms with E-state index in [1.807, 2.05) is 0 Å². The second-order valence-electron chi connectivity index (χ2n) is 1.93. The van der Waals surface area contributed by atoms with Gasteiger partial charge in [0.05, 0.1) is 17.4 Å². The lowest BCUT2D eigenvalue weighted by Crippen LogP contribution is -2.24. The summed E-state index contributed by atoms with van der Waals surface area (Å²) in [4.78, 5) is 20.3. The van der Waals surface area contributed by atoms with Crippen LogP contribution in [0.25, 0.3) is 0 Å². The third kappa shape index (κ3) is 1.39. The predicted octanol–water partition coefficient (Wildman–Crippen LogP) is -0.0212. The van der Waals surface area contributed by atoms with Crippen LogP contribution in [0.1, 0.15) is 0 Å². The maximum absolute atomic E-state index is 10.8. The van der Waals surface area contributed by atoms with Gasteiger partial charge in [0.15, 0.2) is 0 Å². The number of nitro groups is 1. The van der Waals surface area contributed by atoms with Crippen molar-refractivity contribution < 1.29 is 9.72 Å². The molecular formula is C5H6N4O3. The number of nitrogens with zero attached hydrogens (tertiary/aromatic N) is 3. The van der Waals surface area contributed by atoms with E-state index >= 15 is 0 Å². The molecule has 0 radical (unpaired) electrons. The molecule has 1 N–H and O–H groups in total. The van der Waals surface area contributed by atoms with E-state index in [-0.39, 0.29) is 5.82 Å². The van der Waals surface area contributed by atoms with E-state index in [0.29, 0.717) is 0 Å². The zero-order chi connectivity index (χ0) is 9.14. The summed E-state index contributed by atoms with van der Waals surface area (Å²) in [5.41, 5.74) is 0. The van der Waals surface area contributed by atoms with E-state index in [1.54, 1.807) is 0 Å². The zero-order valence-corrected chi connectivity index (χ0v) is 6.22. The third-order valence-corrected chi connectivity index (χ3v) is 1.18. The minimum absolute atomic E-state index is 0.349. The number of carbonyl (C=O) groups is 1. The molecular weight excluding hydrogens is 164 g/mol. The van der Waals surface area contributed by atoms with Crippen molar-refractivity contribution in [2.24, 2.45) is 0 Å². The fourth-order valence-electron chi connectivity index (χ4n) is 0.639. The maximum Gasteiger partial charge on any atom is 0.390 e. The molecule has 0 aromatic carbocycles. The van der Waals surface area contributed by atoms with E-state index in [0.717, 1.165) is 10.7 Å². The molecule has 7 heteroatoms. The number of nitrogens with one attached hydrogen (secondary N) is 1. The lowest BCUT2D eigenvalue weighted by Gasteiger charge is -1.90. The third-order valence-electron chi connectivity index (χ3n) is 1.18. The first-order valence-corrected chi connectivity index (χ1v) is 3.07. The maximum atomic E-state index is 10.8. The highest BCUT2D eigenvalue weighted by molar-refractivity contribution is 5.75. The van der Waals surface area contributed by atoms with E-state index < -0.39 is 11.0 Å². The quantitative estimate of drug-likeness (QED) is 0.473. The molecule has 1 amide bonds. The monoisotopic (exact) mass is 170 g/mol. The highest BCUT2D eigenvalue weighted by Gasteiger charge is 2.14. The second-order valence-corrected chi connectivity index (χ2v) is 1.93. The van der Waals surface area contributed by atoms with Gasteiger partial charge in [0.2, 0.25) is 0 Å². The van der Waals surface area contributed by atoms with Gasteiger partial charge < -0.3 is 15.4 Å². The zero-order valence-electron chi connectivity index (χ0n) is 6.22. The fraction of sp³-hybridized carbons (Fsp3) is 0.200. The number of hydrogen-bond donors (Lipinski definition) is 1. The van der Waals surface area contributed by atoms with Gasteiger partial charge in [-0.3, -0.25) is 0 Å². The Balaban J connectivity index is 2.91. The Kier molecular flexibility index (Phi) is 2.04. The van der Waals surface area contributed by atoms with Crippen LogP contribution in [0, 0.1) is 10.1 Å². The van der Waals surface area contributed by atoms with Gasteiger partial charge in [0, 0.05) is 7.05 Å². The van der Waals surface area contributed by atoms with Crippen LogP contribution in [0.4, 0.5) is 10.6 Å². The van der Waals surface area contributed by atoms with Crippen molar-refractivity contribution in [3.63, 3.8) is 0 Å². The number of carbonyl (C=O) groups excluding carboxylic acids is 1. The molecule has 0 saturated heterocycles. The summed E-state index contributed by atoms with van der Waals surface area (Å²) in [6, 6.07) is 0.637. The van der Waals surface area contributed by atoms with Crippen molar-refractivity contribution in [3.8, 4) is 0 Å². The molecule has 0 saturated carbocycles. The van der Waals surface area contributed by atoms with Gasteiger partial charge in [-0.25, -0.2) is 4.79 Å². The highest BCUT2D eigenvalue weighted by Crippen LogP contribution is 2.04. The van der Waals surface area contributed by atoms with Gasteiger partial charge in [0.25, 0.3) is 0 Å². The average molecular weight is 170 g/mol. The molecule has 7 nitrogen and oxygen atoms in total. The summed E-state index contributed by atoms with van der Waals surface area (Å²) in [5.74, 6) is -0.349. The van der Waals surface area contributed by atoms with Crippen LogP contribution < -0.4 is 5.32 Å². The van der Waals surface area contributed by atoms with Crippen LogP contribution in [-0.4, -0.2) is 27.8 Å². The van der Waals surface area contributed by atoms with Crippen LogP contribution in [0.15, 0.2) is 12.3 Å². The lowest BCUT2D eigenvalue weighted by molar-refractivity contribution is -0.389. The van der Waals surface area contributed by atoms with Gasteiger partial charge in [-0.2, -0.15) is 0 Å². The van der Waals surface area contributed by atoms with Crippen LogP contribution in [0.2, 0.25) is 0 Å². The van der Waals surface area contributed by atoms with Crippen LogP contribution in [-0.2, 0) is 0 Å². The highest BCUT2D eigenvalue weighted by atomic mass is 16.6. The molecule has 0 fully saturated rings. The summed E-state index contributed by atoms with van der Waals surface area (Å²) < 4.78 is 0.859. The van der Waals surface area contributed by atoms with E-state index in [1.165, 1.54) is 13.2 Å². The Morgan fingerprint density at radius 2 is 2.50 bits per heavy atom. The number of amides is 1. The molecule has 0 atom stereocenters. The molecule has 0 unspecified atom stereocenters. The fourth-order valence-corrected chi connectivity index (χ4v) is 0.639. The van der Waals surface area contributed by atoms with Crippen molar-refractivity contribution in [2.45, 2.75) is 0 Å². The van der Waals surface area contributed by atoms with Gasteiger partial charge in [-0.05, 0) is 4.92 Å². The Labute approximate surface area is 67.1 Å². The summed E-state index contributed by atoms with van der Waals surface area (Å²) in [7, 11) is 1.41. The molecule has 1 aromatic heterocycles. The molecule has 64 valence electrons. The SMILES string of the molecule is CNC(=O)n1ccc([N+](=O)[O-])n1. The molecule has 1 heterocycles. The Morgan fingerprint density at radius 3 is 2.92 bits per heavy atom. The van der Waals surface area contributed by atoms with Crippen LogP contribution in [0.3, 0.4) is 0 Å². The second kappa shape index (κ2) is 2.99. The van der Waals surface area contributed by atoms with E-state index in [9.17, 15) is 14.9 Å². The minimum atomic E-state index is -0.667. The molecule has 12 heavy (non-hydrogen) atoms. The number of aromatic nitrogens is 2. The van der Waals surface area contributed by atoms with Gasteiger partial charge in [-0.1, -0.05) is 4.68 Å². The Bertz CT molecular complexity index is 318. The summed E-state index contributed by atoms with van der Waals surface area (Å²) in [6.07, 6.45) is 1.22. The predicted molar refractivity (Wildman–Crippen MR) is 38.7 cm³/mol. The molecule has 1 rings (SSSR count). The van der Waals surface area contributed by atoms with Gasteiger partial charge in [-0.15, -0.1) is 0 Å². The van der Waals surface area contributed by atoms with E-state index in [4.69, 9.17) is 0 Å². The van der Waals surface area contributed by atoms with E-state index in [2.05, 4.69) is 10.4 Å². The topological polar surface area (TPSA) is 90.1 Å². The van der Waals surface area contributed by atoms with Gasteiger partial charge >= 0.3 is 11.8 Å². The van der Waals surface area contributed by atoms with Crippen LogP contribution >= 0.6 is 0 Å². The minimum Gasteiger partial charge on any atom is -0.358 e. The Hall–Kier alpha value is -1.92. The first kappa shape index (κ1) is 8.18. The normalized spacial score (nSPS) is 9.42. The molecule has 1 aromatic rings. The van der Waals surface area contributed by atoms with Crippen molar-refractivity contribution in [3.05, 3.63) is 22.4 Å². The number of rotatable bonds is 1. The largest absolute Gasteiger partial charge is 0.390 e. The first-order chi connectivity index (χ1) is 5.65. The van der Waals surface area contributed by atoms with Crippen LogP contribution in [0.5, 0.6) is 0 Å². The molecule has 0 aliphatic carbocycles. The average Bonchev–Trinajstić information content (AvgIpc) is 2.51. The van der Waals surface area contributed by atoms with Gasteiger partial charge in [0.1, 0.15) is 0 Å². The van der Waals surface area contributed by atoms with Crippen molar-refractivity contribution >= 4 is 11.8 Å².